The summed E-state index contributed by atoms with van der Waals surface area (Å²) in [5.41, 5.74) is 0. The van der Waals surface area contributed by atoms with E-state index in [0.29, 0.717) is 12.6 Å². The number of likely N-dealkylation sites (tertiary alicyclic amines) is 1. The maximum absolute atomic E-state index is 12.6. The molecule has 0 aromatic rings. The molecule has 0 saturated carbocycles. The molecule has 3 heterocycles. The van der Waals surface area contributed by atoms with Crippen LogP contribution in [0.3, 0.4) is 0 Å². The SMILES string of the molecule is CCCCCOC(=O)CN1C(N2CCCCCC2)=NC2C1C(=O)NC(=O)N2C. The summed E-state index contributed by atoms with van der Waals surface area (Å²) in [5, 5.41) is 2.36. The highest BCUT2D eigenvalue weighted by molar-refractivity contribution is 6.04. The number of ether oxygens (including phenoxy) is 1. The molecule has 0 aromatic heterocycles. The third-order valence-corrected chi connectivity index (χ3v) is 5.54. The second-order valence-electron chi connectivity index (χ2n) is 7.65. The fourth-order valence-corrected chi connectivity index (χ4v) is 3.94. The van der Waals surface area contributed by atoms with Crippen LogP contribution in [-0.4, -0.2) is 84.1 Å². The largest absolute Gasteiger partial charge is 0.464 e. The van der Waals surface area contributed by atoms with Crippen LogP contribution in [0.25, 0.3) is 0 Å². The first kappa shape index (κ1) is 20.4. The Bertz CT molecular complexity index is 630. The lowest BCUT2D eigenvalue weighted by molar-refractivity contribution is -0.145. The number of nitrogens with one attached hydrogen (secondary N) is 1. The summed E-state index contributed by atoms with van der Waals surface area (Å²) >= 11 is 0. The third kappa shape index (κ3) is 4.39. The van der Waals surface area contributed by atoms with Crippen molar-refractivity contribution in [2.24, 2.45) is 4.99 Å². The maximum atomic E-state index is 12.6. The molecular weight excluding hydrogens is 362 g/mol. The molecule has 2 atom stereocenters. The molecule has 3 amide bonds. The summed E-state index contributed by atoms with van der Waals surface area (Å²) in [5.74, 6) is -0.161. The Kier molecular flexibility index (Phi) is 6.74. The molecule has 0 aromatic carbocycles. The molecule has 0 radical (unpaired) electrons. The first-order chi connectivity index (χ1) is 13.5. The Hall–Kier alpha value is -2.32. The van der Waals surface area contributed by atoms with Gasteiger partial charge in [0.1, 0.15) is 6.54 Å². The summed E-state index contributed by atoms with van der Waals surface area (Å²) in [6, 6.07) is -1.17. The summed E-state index contributed by atoms with van der Waals surface area (Å²) in [7, 11) is 1.62. The average molecular weight is 393 g/mol. The number of urea groups is 1. The fraction of sp³-hybridized carbons (Fsp3) is 0.789. The predicted octanol–water partition coefficient (Wildman–Crippen LogP) is 1.14. The van der Waals surface area contributed by atoms with Gasteiger partial charge in [-0.15, -0.1) is 0 Å². The van der Waals surface area contributed by atoms with Crippen molar-refractivity contribution in [2.75, 3.05) is 33.3 Å². The van der Waals surface area contributed by atoms with Crippen molar-refractivity contribution in [1.29, 1.82) is 0 Å². The molecule has 2 saturated heterocycles. The topological polar surface area (TPSA) is 94.5 Å². The summed E-state index contributed by atoms with van der Waals surface area (Å²) in [6.45, 7) is 4.10. The van der Waals surface area contributed by atoms with Crippen LogP contribution in [0, 0.1) is 0 Å². The van der Waals surface area contributed by atoms with Crippen LogP contribution in [0.1, 0.15) is 51.9 Å². The molecule has 9 heteroatoms. The number of hydrogen-bond donors (Lipinski definition) is 1. The van der Waals surface area contributed by atoms with Crippen LogP contribution in [0.4, 0.5) is 4.79 Å². The second-order valence-corrected chi connectivity index (χ2v) is 7.65. The van der Waals surface area contributed by atoms with Crippen molar-refractivity contribution in [1.82, 2.24) is 20.0 Å². The molecule has 1 N–H and O–H groups in total. The first-order valence-corrected chi connectivity index (χ1v) is 10.4. The number of imide groups is 1. The molecular formula is C19H31N5O4. The zero-order chi connectivity index (χ0) is 20.1. The van der Waals surface area contributed by atoms with E-state index in [-0.39, 0.29) is 12.5 Å². The number of guanidine groups is 1. The Morgan fingerprint density at radius 2 is 1.89 bits per heavy atom. The number of likely N-dealkylation sites (N-methyl/N-ethyl adjacent to an activating group) is 1. The standard InChI is InChI=1S/C19H31N5O4/c1-3-4-9-12-28-14(25)13-24-15-16(22(2)19(27)21-17(15)26)20-18(24)23-10-7-5-6-8-11-23/h15-16H,3-13H2,1-2H3,(H,21,26,27). The molecule has 0 bridgehead atoms. The molecule has 3 rings (SSSR count). The van der Waals surface area contributed by atoms with Gasteiger partial charge in [-0.2, -0.15) is 0 Å². The van der Waals surface area contributed by atoms with E-state index in [1.54, 1.807) is 11.9 Å². The molecule has 0 spiro atoms. The van der Waals surface area contributed by atoms with Gasteiger partial charge in [-0.3, -0.25) is 14.9 Å². The van der Waals surface area contributed by atoms with E-state index >= 15 is 0 Å². The molecule has 2 fully saturated rings. The number of esters is 1. The van der Waals surface area contributed by atoms with Gasteiger partial charge in [0.2, 0.25) is 0 Å². The monoisotopic (exact) mass is 393 g/mol. The third-order valence-electron chi connectivity index (χ3n) is 5.54. The van der Waals surface area contributed by atoms with Crippen LogP contribution in [-0.2, 0) is 14.3 Å². The van der Waals surface area contributed by atoms with E-state index in [0.717, 1.165) is 58.0 Å². The number of rotatable bonds is 6. The quantitative estimate of drug-likeness (QED) is 0.537. The van der Waals surface area contributed by atoms with Gasteiger partial charge in [0.25, 0.3) is 5.91 Å². The number of carbonyl (C=O) groups excluding carboxylic acids is 3. The summed E-state index contributed by atoms with van der Waals surface area (Å²) in [6.07, 6.45) is 6.70. The van der Waals surface area contributed by atoms with Gasteiger partial charge in [-0.05, 0) is 19.3 Å². The zero-order valence-electron chi connectivity index (χ0n) is 16.9. The number of nitrogens with zero attached hydrogens (tertiary/aromatic N) is 4. The van der Waals surface area contributed by atoms with Crippen molar-refractivity contribution in [2.45, 2.75) is 64.1 Å². The number of hydrogen-bond acceptors (Lipinski definition) is 7. The predicted molar refractivity (Wildman–Crippen MR) is 104 cm³/mol. The minimum absolute atomic E-state index is 0.0436. The van der Waals surface area contributed by atoms with Gasteiger partial charge in [0.05, 0.1) is 6.61 Å². The van der Waals surface area contributed by atoms with Gasteiger partial charge in [0.15, 0.2) is 18.2 Å². The lowest BCUT2D eigenvalue weighted by atomic mass is 10.1. The Labute approximate surface area is 166 Å². The van der Waals surface area contributed by atoms with E-state index in [9.17, 15) is 14.4 Å². The molecule has 156 valence electrons. The number of unbranched alkanes of at least 4 members (excludes halogenated alkanes) is 2. The molecule has 9 nitrogen and oxygen atoms in total. The Morgan fingerprint density at radius 3 is 2.57 bits per heavy atom. The average Bonchev–Trinajstić information content (AvgIpc) is 2.85. The van der Waals surface area contributed by atoms with Crippen LogP contribution in [0.15, 0.2) is 4.99 Å². The molecule has 3 aliphatic rings. The molecule has 28 heavy (non-hydrogen) atoms. The van der Waals surface area contributed by atoms with Crippen molar-refractivity contribution in [3.8, 4) is 0 Å². The van der Waals surface area contributed by atoms with E-state index < -0.39 is 24.1 Å². The smallest absolute Gasteiger partial charge is 0.325 e. The number of aliphatic imine (C=N–C) groups is 1. The van der Waals surface area contributed by atoms with Crippen molar-refractivity contribution >= 4 is 23.9 Å². The van der Waals surface area contributed by atoms with Crippen LogP contribution in [0.5, 0.6) is 0 Å². The Morgan fingerprint density at radius 1 is 1.18 bits per heavy atom. The van der Waals surface area contributed by atoms with Crippen LogP contribution < -0.4 is 5.32 Å². The Balaban J connectivity index is 1.76. The van der Waals surface area contributed by atoms with Crippen molar-refractivity contribution in [3.63, 3.8) is 0 Å². The fourth-order valence-electron chi connectivity index (χ4n) is 3.94. The van der Waals surface area contributed by atoms with E-state index in [1.807, 2.05) is 0 Å². The van der Waals surface area contributed by atoms with Crippen molar-refractivity contribution in [3.05, 3.63) is 0 Å². The normalized spacial score (nSPS) is 25.2. The second kappa shape index (κ2) is 9.25. The van der Waals surface area contributed by atoms with E-state index in [2.05, 4.69) is 17.1 Å². The molecule has 0 aliphatic carbocycles. The summed E-state index contributed by atoms with van der Waals surface area (Å²) in [4.78, 5) is 47.0. The van der Waals surface area contributed by atoms with Gasteiger partial charge in [-0.25, -0.2) is 9.79 Å². The first-order valence-electron chi connectivity index (χ1n) is 10.4. The van der Waals surface area contributed by atoms with E-state index in [1.165, 1.54) is 4.90 Å². The lowest BCUT2D eigenvalue weighted by Crippen LogP contribution is -2.64. The zero-order valence-corrected chi connectivity index (χ0v) is 16.9. The highest BCUT2D eigenvalue weighted by Crippen LogP contribution is 2.26. The van der Waals surface area contributed by atoms with E-state index in [4.69, 9.17) is 9.73 Å². The summed E-state index contributed by atoms with van der Waals surface area (Å²) < 4.78 is 5.36. The van der Waals surface area contributed by atoms with Crippen molar-refractivity contribution < 1.29 is 19.1 Å². The minimum atomic E-state index is -0.704. The van der Waals surface area contributed by atoms with Crippen LogP contribution in [0.2, 0.25) is 0 Å². The molecule has 3 aliphatic heterocycles. The molecule has 2 unspecified atom stereocenters. The van der Waals surface area contributed by atoms with Gasteiger partial charge in [0, 0.05) is 20.1 Å². The van der Waals surface area contributed by atoms with Gasteiger partial charge in [-0.1, -0.05) is 32.6 Å². The van der Waals surface area contributed by atoms with Gasteiger partial charge >= 0.3 is 12.0 Å². The van der Waals surface area contributed by atoms with Gasteiger partial charge < -0.3 is 19.4 Å². The number of amides is 3. The number of fused-ring (bicyclic) bond motifs is 1. The number of carbonyl (C=O) groups is 3. The highest BCUT2D eigenvalue weighted by Gasteiger charge is 2.50. The highest BCUT2D eigenvalue weighted by atomic mass is 16.5. The lowest BCUT2D eigenvalue weighted by Gasteiger charge is -2.37. The maximum Gasteiger partial charge on any atom is 0.325 e. The minimum Gasteiger partial charge on any atom is -0.464 e. The van der Waals surface area contributed by atoms with Crippen LogP contribution >= 0.6 is 0 Å².